The maximum atomic E-state index is 11.5. The zero-order valence-electron chi connectivity index (χ0n) is 7.38. The molecule has 72 valence electrons. The van der Waals surface area contributed by atoms with Crippen LogP contribution in [0.25, 0.3) is 0 Å². The molecule has 0 saturated heterocycles. The van der Waals surface area contributed by atoms with Crippen LogP contribution in [0.2, 0.25) is 5.02 Å². The molecule has 0 atom stereocenters. The molecule has 14 heavy (non-hydrogen) atoms. The summed E-state index contributed by atoms with van der Waals surface area (Å²) in [6, 6.07) is 4.88. The van der Waals surface area contributed by atoms with Gasteiger partial charge in [-0.1, -0.05) is 23.6 Å². The van der Waals surface area contributed by atoms with Gasteiger partial charge in [0.25, 0.3) is 5.91 Å². The topological polar surface area (TPSA) is 55.1 Å². The Morgan fingerprint density at radius 3 is 2.93 bits per heavy atom. The van der Waals surface area contributed by atoms with Crippen molar-refractivity contribution < 1.29 is 4.79 Å². The molecule has 0 radical (unpaired) electrons. The van der Waals surface area contributed by atoms with Crippen LogP contribution >= 0.6 is 11.6 Å². The lowest BCUT2D eigenvalue weighted by Gasteiger charge is -2.06. The Hall–Kier alpha value is -1.66. The van der Waals surface area contributed by atoms with Gasteiger partial charge in [-0.2, -0.15) is 0 Å². The number of terminal acetylenes is 1. The summed E-state index contributed by atoms with van der Waals surface area (Å²) in [4.78, 5) is 11.5. The van der Waals surface area contributed by atoms with Crippen molar-refractivity contribution in [2.75, 3.05) is 12.3 Å². The molecule has 1 amide bonds. The van der Waals surface area contributed by atoms with E-state index in [1.54, 1.807) is 18.2 Å². The minimum Gasteiger partial charge on any atom is -0.398 e. The second-order valence-electron chi connectivity index (χ2n) is 2.59. The van der Waals surface area contributed by atoms with Crippen LogP contribution in [-0.2, 0) is 0 Å². The van der Waals surface area contributed by atoms with Crippen molar-refractivity contribution in [1.29, 1.82) is 0 Å². The Bertz CT molecular complexity index is 375. The molecule has 0 spiro atoms. The van der Waals surface area contributed by atoms with Gasteiger partial charge >= 0.3 is 0 Å². The molecule has 0 unspecified atom stereocenters. The summed E-state index contributed by atoms with van der Waals surface area (Å²) in [5, 5.41) is 2.81. The fourth-order valence-corrected chi connectivity index (χ4v) is 1.27. The number of rotatable bonds is 2. The molecule has 4 heteroatoms. The SMILES string of the molecule is C#CCNC(=O)c1c(N)cccc1Cl. The third-order valence-corrected chi connectivity index (χ3v) is 1.94. The molecule has 0 bridgehead atoms. The first-order valence-electron chi connectivity index (χ1n) is 3.92. The van der Waals surface area contributed by atoms with Crippen molar-refractivity contribution in [2.24, 2.45) is 0 Å². The highest BCUT2D eigenvalue weighted by Crippen LogP contribution is 2.21. The van der Waals surface area contributed by atoms with Gasteiger partial charge < -0.3 is 11.1 Å². The summed E-state index contributed by atoms with van der Waals surface area (Å²) in [5.74, 6) is 1.94. The molecule has 0 fully saturated rings. The van der Waals surface area contributed by atoms with Gasteiger partial charge in [0.05, 0.1) is 17.1 Å². The molecule has 0 aliphatic rings. The Labute approximate surface area is 87.2 Å². The van der Waals surface area contributed by atoms with Crippen LogP contribution < -0.4 is 11.1 Å². The van der Waals surface area contributed by atoms with Crippen LogP contribution in [0.4, 0.5) is 5.69 Å². The Balaban J connectivity index is 2.95. The fourth-order valence-electron chi connectivity index (χ4n) is 1.00. The summed E-state index contributed by atoms with van der Waals surface area (Å²) < 4.78 is 0. The van der Waals surface area contributed by atoms with Crippen LogP contribution in [0.3, 0.4) is 0 Å². The van der Waals surface area contributed by atoms with Gasteiger partial charge in [0, 0.05) is 5.69 Å². The van der Waals surface area contributed by atoms with E-state index >= 15 is 0 Å². The largest absolute Gasteiger partial charge is 0.398 e. The summed E-state index contributed by atoms with van der Waals surface area (Å²) in [6.45, 7) is 0.156. The zero-order valence-corrected chi connectivity index (χ0v) is 8.14. The van der Waals surface area contributed by atoms with E-state index in [1.807, 2.05) is 0 Å². The molecule has 0 aromatic heterocycles. The molecule has 0 heterocycles. The lowest BCUT2D eigenvalue weighted by Crippen LogP contribution is -2.24. The van der Waals surface area contributed by atoms with Gasteiger partial charge in [0.1, 0.15) is 0 Å². The number of carbonyl (C=O) groups excluding carboxylic acids is 1. The van der Waals surface area contributed by atoms with Crippen molar-refractivity contribution in [3.05, 3.63) is 28.8 Å². The predicted molar refractivity (Wildman–Crippen MR) is 57.0 cm³/mol. The van der Waals surface area contributed by atoms with Crippen molar-refractivity contribution in [3.63, 3.8) is 0 Å². The standard InChI is InChI=1S/C10H9ClN2O/c1-2-6-13-10(14)9-7(11)4-3-5-8(9)12/h1,3-5H,6,12H2,(H,13,14). The molecule has 3 N–H and O–H groups in total. The first-order valence-corrected chi connectivity index (χ1v) is 4.30. The average Bonchev–Trinajstić information content (AvgIpc) is 2.14. The van der Waals surface area contributed by atoms with Gasteiger partial charge in [-0.05, 0) is 12.1 Å². The highest BCUT2D eigenvalue weighted by molar-refractivity contribution is 6.34. The molecule has 0 saturated carbocycles. The normalized spacial score (nSPS) is 9.14. The van der Waals surface area contributed by atoms with Crippen molar-refractivity contribution in [3.8, 4) is 12.3 Å². The van der Waals surface area contributed by atoms with Crippen LogP contribution in [0.1, 0.15) is 10.4 Å². The van der Waals surface area contributed by atoms with Crippen LogP contribution in [0, 0.1) is 12.3 Å². The van der Waals surface area contributed by atoms with Gasteiger partial charge in [0.2, 0.25) is 0 Å². The Kier molecular flexibility index (Phi) is 3.38. The third-order valence-electron chi connectivity index (χ3n) is 1.62. The van der Waals surface area contributed by atoms with E-state index in [4.69, 9.17) is 23.8 Å². The number of nitrogens with one attached hydrogen (secondary N) is 1. The second-order valence-corrected chi connectivity index (χ2v) is 3.00. The lowest BCUT2D eigenvalue weighted by molar-refractivity contribution is 0.0960. The number of hydrogen-bond donors (Lipinski definition) is 2. The van der Waals surface area contributed by atoms with E-state index < -0.39 is 0 Å². The first-order chi connectivity index (χ1) is 6.66. The Morgan fingerprint density at radius 2 is 2.36 bits per heavy atom. The number of nitrogen functional groups attached to an aromatic ring is 1. The number of anilines is 1. The van der Waals surface area contributed by atoms with Crippen molar-refractivity contribution in [1.82, 2.24) is 5.32 Å². The number of carbonyl (C=O) groups is 1. The maximum Gasteiger partial charge on any atom is 0.255 e. The predicted octanol–water partition coefficient (Wildman–Crippen LogP) is 1.29. The molecular weight excluding hydrogens is 200 g/mol. The first kappa shape index (κ1) is 10.4. The smallest absolute Gasteiger partial charge is 0.255 e. The molecule has 1 aromatic carbocycles. The minimum absolute atomic E-state index is 0.156. The minimum atomic E-state index is -0.356. The number of hydrogen-bond acceptors (Lipinski definition) is 2. The van der Waals surface area contributed by atoms with E-state index in [1.165, 1.54) is 0 Å². The molecule has 0 aliphatic carbocycles. The third kappa shape index (κ3) is 2.18. The molecular formula is C10H9ClN2O. The monoisotopic (exact) mass is 208 g/mol. The van der Waals surface area contributed by atoms with Crippen molar-refractivity contribution >= 4 is 23.2 Å². The molecule has 1 aromatic rings. The van der Waals surface area contributed by atoms with Gasteiger partial charge in [-0.25, -0.2) is 0 Å². The maximum absolute atomic E-state index is 11.5. The van der Waals surface area contributed by atoms with Crippen LogP contribution in [0.5, 0.6) is 0 Å². The van der Waals surface area contributed by atoms with E-state index in [2.05, 4.69) is 11.2 Å². The second kappa shape index (κ2) is 4.54. The average molecular weight is 209 g/mol. The molecule has 3 nitrogen and oxygen atoms in total. The molecule has 0 aliphatic heterocycles. The quantitative estimate of drug-likeness (QED) is 0.568. The highest BCUT2D eigenvalue weighted by Gasteiger charge is 2.12. The summed E-state index contributed by atoms with van der Waals surface area (Å²) in [7, 11) is 0. The lowest BCUT2D eigenvalue weighted by atomic mass is 10.1. The summed E-state index contributed by atoms with van der Waals surface area (Å²) in [6.07, 6.45) is 5.00. The van der Waals surface area contributed by atoms with E-state index in [-0.39, 0.29) is 18.0 Å². The van der Waals surface area contributed by atoms with Crippen LogP contribution in [0.15, 0.2) is 18.2 Å². The van der Waals surface area contributed by atoms with E-state index in [0.29, 0.717) is 10.7 Å². The van der Waals surface area contributed by atoms with Gasteiger partial charge in [0.15, 0.2) is 0 Å². The van der Waals surface area contributed by atoms with Gasteiger partial charge in [-0.3, -0.25) is 4.79 Å². The van der Waals surface area contributed by atoms with E-state index in [9.17, 15) is 4.79 Å². The zero-order chi connectivity index (χ0) is 10.6. The highest BCUT2D eigenvalue weighted by atomic mass is 35.5. The van der Waals surface area contributed by atoms with Crippen molar-refractivity contribution in [2.45, 2.75) is 0 Å². The summed E-state index contributed by atoms with van der Waals surface area (Å²) in [5.41, 5.74) is 6.20. The van der Waals surface area contributed by atoms with Gasteiger partial charge in [-0.15, -0.1) is 6.42 Å². The number of nitrogens with two attached hydrogens (primary N) is 1. The number of halogens is 1. The molecule has 1 rings (SSSR count). The number of benzene rings is 1. The van der Waals surface area contributed by atoms with E-state index in [0.717, 1.165) is 0 Å². The fraction of sp³-hybridized carbons (Fsp3) is 0.100. The number of amides is 1. The van der Waals surface area contributed by atoms with Crippen LogP contribution in [-0.4, -0.2) is 12.5 Å². The Morgan fingerprint density at radius 1 is 1.64 bits per heavy atom. The summed E-state index contributed by atoms with van der Waals surface area (Å²) >= 11 is 5.81.